The van der Waals surface area contributed by atoms with Crippen LogP contribution in [0, 0.1) is 5.92 Å². The summed E-state index contributed by atoms with van der Waals surface area (Å²) < 4.78 is 11.0. The Bertz CT molecular complexity index is 561. The Kier molecular flexibility index (Phi) is 4.50. The fourth-order valence-electron chi connectivity index (χ4n) is 2.23. The van der Waals surface area contributed by atoms with Crippen LogP contribution >= 0.6 is 0 Å². The lowest BCUT2D eigenvalue weighted by atomic mass is 10.00. The first kappa shape index (κ1) is 14.1. The fraction of sp³-hybridized carbons (Fsp3) is 0.500. The van der Waals surface area contributed by atoms with E-state index in [1.165, 1.54) is 0 Å². The van der Waals surface area contributed by atoms with Crippen molar-refractivity contribution in [2.75, 3.05) is 19.7 Å². The van der Waals surface area contributed by atoms with Crippen LogP contribution in [0.3, 0.4) is 0 Å². The quantitative estimate of drug-likeness (QED) is 0.793. The summed E-state index contributed by atoms with van der Waals surface area (Å²) in [5.74, 6) is 2.89. The predicted octanol–water partition coefficient (Wildman–Crippen LogP) is 2.68. The Morgan fingerprint density at radius 2 is 2.10 bits per heavy atom. The van der Waals surface area contributed by atoms with Crippen molar-refractivity contribution in [3.63, 3.8) is 0 Å². The fourth-order valence-corrected chi connectivity index (χ4v) is 2.23. The summed E-state index contributed by atoms with van der Waals surface area (Å²) in [6.07, 6.45) is 3.07. The third kappa shape index (κ3) is 3.61. The zero-order valence-electron chi connectivity index (χ0n) is 12.3. The van der Waals surface area contributed by atoms with E-state index in [1.807, 2.05) is 24.3 Å². The van der Waals surface area contributed by atoms with Gasteiger partial charge in [-0.2, -0.15) is 4.98 Å². The molecule has 5 heteroatoms. The van der Waals surface area contributed by atoms with Gasteiger partial charge in [0.15, 0.2) is 0 Å². The second-order valence-electron chi connectivity index (χ2n) is 5.47. The third-order valence-electron chi connectivity index (χ3n) is 3.68. The minimum atomic E-state index is 0.632. The standard InChI is InChI=1S/C16H21N3O2/c1-2-3-8-20-14-6-4-13(5-7-14)16-18-15(21-19-16)9-12-10-17-11-12/h4-7,12,17H,2-3,8-11H2,1H3. The molecule has 1 N–H and O–H groups in total. The monoisotopic (exact) mass is 287 g/mol. The van der Waals surface area contributed by atoms with E-state index >= 15 is 0 Å². The summed E-state index contributed by atoms with van der Waals surface area (Å²) in [5, 5.41) is 7.30. The molecular weight excluding hydrogens is 266 g/mol. The van der Waals surface area contributed by atoms with Crippen LogP contribution in [0.4, 0.5) is 0 Å². The zero-order valence-corrected chi connectivity index (χ0v) is 12.3. The molecule has 0 bridgehead atoms. The number of ether oxygens (including phenoxy) is 1. The molecule has 0 aliphatic carbocycles. The normalized spacial score (nSPS) is 14.9. The largest absolute Gasteiger partial charge is 0.494 e. The van der Waals surface area contributed by atoms with E-state index in [9.17, 15) is 0 Å². The SMILES string of the molecule is CCCCOc1ccc(-c2noc(CC3CNC3)n2)cc1. The van der Waals surface area contributed by atoms with E-state index in [2.05, 4.69) is 22.4 Å². The molecule has 3 rings (SSSR count). The van der Waals surface area contributed by atoms with Gasteiger partial charge in [-0.05, 0) is 49.7 Å². The molecule has 21 heavy (non-hydrogen) atoms. The van der Waals surface area contributed by atoms with Crippen molar-refractivity contribution in [2.45, 2.75) is 26.2 Å². The maximum absolute atomic E-state index is 5.65. The molecule has 0 amide bonds. The molecule has 1 aromatic carbocycles. The Balaban J connectivity index is 1.60. The lowest BCUT2D eigenvalue weighted by Gasteiger charge is -2.25. The molecule has 0 spiro atoms. The molecule has 1 saturated heterocycles. The van der Waals surface area contributed by atoms with Crippen LogP contribution in [0.2, 0.25) is 0 Å². The first-order valence-corrected chi connectivity index (χ1v) is 7.61. The molecule has 1 fully saturated rings. The molecule has 0 atom stereocenters. The van der Waals surface area contributed by atoms with Crippen molar-refractivity contribution in [2.24, 2.45) is 5.92 Å². The Morgan fingerprint density at radius 1 is 1.29 bits per heavy atom. The average Bonchev–Trinajstić information content (AvgIpc) is 2.93. The molecule has 1 aromatic heterocycles. The number of nitrogens with one attached hydrogen (secondary N) is 1. The smallest absolute Gasteiger partial charge is 0.227 e. The summed E-state index contributed by atoms with van der Waals surface area (Å²) in [6.45, 7) is 5.00. The Hall–Kier alpha value is -1.88. The molecule has 0 radical (unpaired) electrons. The van der Waals surface area contributed by atoms with Crippen molar-refractivity contribution < 1.29 is 9.26 Å². The third-order valence-corrected chi connectivity index (χ3v) is 3.68. The molecule has 5 nitrogen and oxygen atoms in total. The summed E-state index contributed by atoms with van der Waals surface area (Å²) in [4.78, 5) is 4.46. The van der Waals surface area contributed by atoms with Crippen molar-refractivity contribution >= 4 is 0 Å². The van der Waals surface area contributed by atoms with Gasteiger partial charge in [-0.25, -0.2) is 0 Å². The number of rotatable bonds is 7. The van der Waals surface area contributed by atoms with Gasteiger partial charge in [0.2, 0.25) is 11.7 Å². The zero-order chi connectivity index (χ0) is 14.5. The van der Waals surface area contributed by atoms with E-state index in [0.29, 0.717) is 11.7 Å². The van der Waals surface area contributed by atoms with Gasteiger partial charge in [0.25, 0.3) is 0 Å². The van der Waals surface area contributed by atoms with E-state index in [-0.39, 0.29) is 0 Å². The summed E-state index contributed by atoms with van der Waals surface area (Å²) >= 11 is 0. The topological polar surface area (TPSA) is 60.2 Å². The number of hydrogen-bond donors (Lipinski definition) is 1. The lowest BCUT2D eigenvalue weighted by molar-refractivity contribution is 0.296. The number of hydrogen-bond acceptors (Lipinski definition) is 5. The molecule has 2 heterocycles. The van der Waals surface area contributed by atoms with E-state index < -0.39 is 0 Å². The van der Waals surface area contributed by atoms with Crippen LogP contribution in [-0.4, -0.2) is 29.8 Å². The first-order chi connectivity index (χ1) is 10.3. The highest BCUT2D eigenvalue weighted by atomic mass is 16.5. The second-order valence-corrected chi connectivity index (χ2v) is 5.47. The van der Waals surface area contributed by atoms with Gasteiger partial charge >= 0.3 is 0 Å². The number of nitrogens with zero attached hydrogens (tertiary/aromatic N) is 2. The van der Waals surface area contributed by atoms with Gasteiger partial charge in [0.1, 0.15) is 5.75 Å². The number of unbranched alkanes of at least 4 members (excludes halogenated alkanes) is 1. The second kappa shape index (κ2) is 6.72. The first-order valence-electron chi connectivity index (χ1n) is 7.61. The highest BCUT2D eigenvalue weighted by Gasteiger charge is 2.20. The molecule has 0 unspecified atom stereocenters. The minimum Gasteiger partial charge on any atom is -0.494 e. The summed E-state index contributed by atoms with van der Waals surface area (Å²) in [6, 6.07) is 7.86. The van der Waals surface area contributed by atoms with Crippen LogP contribution < -0.4 is 10.1 Å². The Labute approximate surface area is 124 Å². The van der Waals surface area contributed by atoms with E-state index in [4.69, 9.17) is 9.26 Å². The molecular formula is C16H21N3O2. The summed E-state index contributed by atoms with van der Waals surface area (Å²) in [7, 11) is 0. The highest BCUT2D eigenvalue weighted by molar-refractivity contribution is 5.55. The van der Waals surface area contributed by atoms with E-state index in [0.717, 1.165) is 56.2 Å². The van der Waals surface area contributed by atoms with Crippen LogP contribution in [0.1, 0.15) is 25.7 Å². The number of aromatic nitrogens is 2. The molecule has 2 aromatic rings. The summed E-state index contributed by atoms with van der Waals surface area (Å²) in [5.41, 5.74) is 0.958. The predicted molar refractivity (Wildman–Crippen MR) is 80.2 cm³/mol. The van der Waals surface area contributed by atoms with E-state index in [1.54, 1.807) is 0 Å². The van der Waals surface area contributed by atoms with Crippen molar-refractivity contribution in [1.29, 1.82) is 0 Å². The van der Waals surface area contributed by atoms with Gasteiger partial charge < -0.3 is 14.6 Å². The van der Waals surface area contributed by atoms with Crippen LogP contribution in [0.15, 0.2) is 28.8 Å². The van der Waals surface area contributed by atoms with Crippen molar-refractivity contribution in [3.05, 3.63) is 30.2 Å². The maximum atomic E-state index is 5.65. The van der Waals surface area contributed by atoms with Gasteiger partial charge in [0, 0.05) is 12.0 Å². The average molecular weight is 287 g/mol. The van der Waals surface area contributed by atoms with Gasteiger partial charge in [0.05, 0.1) is 6.61 Å². The van der Waals surface area contributed by atoms with Crippen molar-refractivity contribution in [3.8, 4) is 17.1 Å². The van der Waals surface area contributed by atoms with Gasteiger partial charge in [-0.3, -0.25) is 0 Å². The van der Waals surface area contributed by atoms with Gasteiger partial charge in [-0.1, -0.05) is 18.5 Å². The van der Waals surface area contributed by atoms with Crippen LogP contribution in [0.5, 0.6) is 5.75 Å². The molecule has 1 aliphatic rings. The van der Waals surface area contributed by atoms with Crippen molar-refractivity contribution in [1.82, 2.24) is 15.5 Å². The highest BCUT2D eigenvalue weighted by Crippen LogP contribution is 2.21. The Morgan fingerprint density at radius 3 is 2.76 bits per heavy atom. The maximum Gasteiger partial charge on any atom is 0.227 e. The lowest BCUT2D eigenvalue weighted by Crippen LogP contribution is -2.43. The molecule has 0 saturated carbocycles. The van der Waals surface area contributed by atoms with Crippen LogP contribution in [0.25, 0.3) is 11.4 Å². The number of benzene rings is 1. The van der Waals surface area contributed by atoms with Crippen LogP contribution in [-0.2, 0) is 6.42 Å². The molecule has 1 aliphatic heterocycles. The molecule has 112 valence electrons. The minimum absolute atomic E-state index is 0.632. The van der Waals surface area contributed by atoms with Gasteiger partial charge in [-0.15, -0.1) is 0 Å².